The number of aliphatic carboxylic acids is 1. The van der Waals surface area contributed by atoms with Gasteiger partial charge in [-0.1, -0.05) is 24.3 Å². The third kappa shape index (κ3) is 3.32. The van der Waals surface area contributed by atoms with Crippen molar-refractivity contribution in [3.8, 4) is 0 Å². The molecule has 1 aromatic rings. The average Bonchev–Trinajstić information content (AvgIpc) is 2.25. The van der Waals surface area contributed by atoms with E-state index in [4.69, 9.17) is 10.8 Å². The highest BCUT2D eigenvalue weighted by atomic mass is 19.1. The summed E-state index contributed by atoms with van der Waals surface area (Å²) in [6.07, 6.45) is 0.328. The first kappa shape index (κ1) is 11.7. The van der Waals surface area contributed by atoms with Crippen LogP contribution in [-0.2, 0) is 11.5 Å². The molecule has 0 bridgehead atoms. The Morgan fingerprint density at radius 3 is 2.73 bits per heavy atom. The van der Waals surface area contributed by atoms with Crippen molar-refractivity contribution in [1.82, 2.24) is 0 Å². The van der Waals surface area contributed by atoms with E-state index in [0.29, 0.717) is 17.5 Å². The Morgan fingerprint density at radius 2 is 2.13 bits per heavy atom. The van der Waals surface area contributed by atoms with Crippen LogP contribution in [-0.4, -0.2) is 11.1 Å². The van der Waals surface area contributed by atoms with Gasteiger partial charge in [0.2, 0.25) is 0 Å². The van der Waals surface area contributed by atoms with Crippen LogP contribution in [0.3, 0.4) is 0 Å². The largest absolute Gasteiger partial charge is 0.481 e. The average molecular weight is 211 g/mol. The van der Waals surface area contributed by atoms with Crippen LogP contribution < -0.4 is 5.73 Å². The molecule has 0 saturated heterocycles. The lowest BCUT2D eigenvalue weighted by atomic mass is 9.98. The van der Waals surface area contributed by atoms with Gasteiger partial charge < -0.3 is 10.8 Å². The first-order chi connectivity index (χ1) is 7.15. The second-order valence-electron chi connectivity index (χ2n) is 3.37. The van der Waals surface area contributed by atoms with Gasteiger partial charge in [0.25, 0.3) is 0 Å². The smallest absolute Gasteiger partial charge is 0.303 e. The molecule has 3 nitrogen and oxygen atoms in total. The third-order valence-corrected chi connectivity index (χ3v) is 2.27. The molecule has 1 aromatic carbocycles. The van der Waals surface area contributed by atoms with Crippen LogP contribution in [0.1, 0.15) is 30.0 Å². The number of carbonyl (C=O) groups is 1. The number of hydrogen-bond acceptors (Lipinski definition) is 2. The minimum atomic E-state index is -0.886. The number of halogens is 1. The van der Waals surface area contributed by atoms with Crippen LogP contribution >= 0.6 is 0 Å². The van der Waals surface area contributed by atoms with E-state index in [2.05, 4.69) is 0 Å². The van der Waals surface area contributed by atoms with Crippen molar-refractivity contribution in [1.29, 1.82) is 0 Å². The van der Waals surface area contributed by atoms with Crippen LogP contribution in [0.2, 0.25) is 0 Å². The second kappa shape index (κ2) is 5.46. The molecule has 1 unspecified atom stereocenters. The zero-order chi connectivity index (χ0) is 11.3. The molecule has 0 heterocycles. The number of benzene rings is 1. The summed E-state index contributed by atoms with van der Waals surface area (Å²) in [7, 11) is 0. The topological polar surface area (TPSA) is 63.3 Å². The molecule has 0 aliphatic heterocycles. The Labute approximate surface area is 87.7 Å². The number of carboxylic acid groups (broad SMARTS) is 1. The zero-order valence-electron chi connectivity index (χ0n) is 8.32. The molecule has 0 saturated carbocycles. The Balaban J connectivity index is 2.72. The Kier molecular flexibility index (Phi) is 4.24. The fraction of sp³-hybridized carbons (Fsp3) is 0.364. The summed E-state index contributed by atoms with van der Waals surface area (Å²) < 4.78 is 12.6. The van der Waals surface area contributed by atoms with Gasteiger partial charge in [0, 0.05) is 12.5 Å². The molecule has 0 aliphatic rings. The molecule has 0 radical (unpaired) electrons. The highest BCUT2D eigenvalue weighted by molar-refractivity contribution is 5.66. The number of carboxylic acids is 1. The van der Waals surface area contributed by atoms with E-state index >= 15 is 0 Å². The summed E-state index contributed by atoms with van der Waals surface area (Å²) >= 11 is 0. The Morgan fingerprint density at radius 1 is 1.47 bits per heavy atom. The third-order valence-electron chi connectivity index (χ3n) is 2.27. The van der Waals surface area contributed by atoms with E-state index in [1.165, 1.54) is 0 Å². The predicted octanol–water partition coefficient (Wildman–Crippen LogP) is 2.02. The summed E-state index contributed by atoms with van der Waals surface area (Å²) in [5.41, 5.74) is 7.02. The molecule has 0 aromatic heterocycles. The van der Waals surface area contributed by atoms with Crippen LogP contribution in [0, 0.1) is 0 Å². The van der Waals surface area contributed by atoms with Gasteiger partial charge in [-0.05, 0) is 17.5 Å². The van der Waals surface area contributed by atoms with Crippen molar-refractivity contribution >= 4 is 5.97 Å². The molecule has 15 heavy (non-hydrogen) atoms. The van der Waals surface area contributed by atoms with Gasteiger partial charge in [0.1, 0.15) is 6.67 Å². The van der Waals surface area contributed by atoms with Crippen molar-refractivity contribution in [2.75, 3.05) is 0 Å². The molecular formula is C11H14FNO2. The predicted molar refractivity (Wildman–Crippen MR) is 55.1 cm³/mol. The molecule has 0 fully saturated rings. The Hall–Kier alpha value is -1.42. The van der Waals surface area contributed by atoms with Crippen LogP contribution in [0.5, 0.6) is 0 Å². The summed E-state index contributed by atoms with van der Waals surface area (Å²) in [6, 6.07) is 6.50. The quantitative estimate of drug-likeness (QED) is 0.783. The fourth-order valence-electron chi connectivity index (χ4n) is 1.45. The van der Waals surface area contributed by atoms with Crippen LogP contribution in [0.4, 0.5) is 4.39 Å². The van der Waals surface area contributed by atoms with E-state index in [1.807, 2.05) is 0 Å². The maximum absolute atomic E-state index is 12.6. The van der Waals surface area contributed by atoms with Crippen molar-refractivity contribution in [2.45, 2.75) is 25.6 Å². The zero-order valence-corrected chi connectivity index (χ0v) is 8.32. The molecule has 1 atom stereocenters. The van der Waals surface area contributed by atoms with E-state index in [1.54, 1.807) is 24.3 Å². The van der Waals surface area contributed by atoms with Gasteiger partial charge >= 0.3 is 5.97 Å². The van der Waals surface area contributed by atoms with Gasteiger partial charge in [0.05, 0.1) is 0 Å². The number of alkyl halides is 1. The van der Waals surface area contributed by atoms with Gasteiger partial charge in [-0.2, -0.15) is 0 Å². The lowest BCUT2D eigenvalue weighted by molar-refractivity contribution is -0.137. The molecular weight excluding hydrogens is 197 g/mol. The van der Waals surface area contributed by atoms with Gasteiger partial charge in [-0.25, -0.2) is 4.39 Å². The first-order valence-corrected chi connectivity index (χ1v) is 4.76. The highest BCUT2D eigenvalue weighted by Gasteiger charge is 2.11. The van der Waals surface area contributed by atoms with Crippen molar-refractivity contribution < 1.29 is 14.3 Å². The summed E-state index contributed by atoms with van der Waals surface area (Å²) in [5, 5.41) is 8.51. The van der Waals surface area contributed by atoms with Gasteiger partial charge in [0.15, 0.2) is 0 Å². The highest BCUT2D eigenvalue weighted by Crippen LogP contribution is 2.20. The van der Waals surface area contributed by atoms with Gasteiger partial charge in [-0.15, -0.1) is 0 Å². The minimum absolute atomic E-state index is 0.00177. The van der Waals surface area contributed by atoms with Crippen molar-refractivity contribution in [2.24, 2.45) is 5.73 Å². The van der Waals surface area contributed by atoms with Gasteiger partial charge in [-0.3, -0.25) is 4.79 Å². The lowest BCUT2D eigenvalue weighted by Gasteiger charge is -2.13. The van der Waals surface area contributed by atoms with E-state index < -0.39 is 18.7 Å². The van der Waals surface area contributed by atoms with Crippen LogP contribution in [0.25, 0.3) is 0 Å². The SMILES string of the molecule is NC(CCC(=O)O)c1ccccc1CF. The number of nitrogens with two attached hydrogens (primary N) is 1. The molecule has 0 spiro atoms. The summed E-state index contributed by atoms with van der Waals surface area (Å²) in [4.78, 5) is 10.4. The lowest BCUT2D eigenvalue weighted by Crippen LogP contribution is -2.14. The number of hydrogen-bond donors (Lipinski definition) is 2. The molecule has 4 heteroatoms. The minimum Gasteiger partial charge on any atom is -0.481 e. The first-order valence-electron chi connectivity index (χ1n) is 4.76. The second-order valence-corrected chi connectivity index (χ2v) is 3.37. The van der Waals surface area contributed by atoms with E-state index in [-0.39, 0.29) is 6.42 Å². The molecule has 3 N–H and O–H groups in total. The Bertz CT molecular complexity index is 341. The van der Waals surface area contributed by atoms with Crippen LogP contribution in [0.15, 0.2) is 24.3 Å². The van der Waals surface area contributed by atoms with E-state index in [9.17, 15) is 9.18 Å². The summed E-state index contributed by atoms with van der Waals surface area (Å²) in [5.74, 6) is -0.886. The monoisotopic (exact) mass is 211 g/mol. The molecule has 0 aliphatic carbocycles. The molecule has 82 valence electrons. The number of rotatable bonds is 5. The standard InChI is InChI=1S/C11H14FNO2/c12-7-8-3-1-2-4-9(8)10(13)5-6-11(14)15/h1-4,10H,5-7,13H2,(H,14,15). The molecule has 0 amide bonds. The summed E-state index contributed by atoms with van der Waals surface area (Å²) in [6.45, 7) is -0.572. The fourth-order valence-corrected chi connectivity index (χ4v) is 1.45. The van der Waals surface area contributed by atoms with E-state index in [0.717, 1.165) is 0 Å². The normalized spacial score (nSPS) is 12.4. The maximum Gasteiger partial charge on any atom is 0.303 e. The molecule has 1 rings (SSSR count). The maximum atomic E-state index is 12.6. The van der Waals surface area contributed by atoms with Crippen molar-refractivity contribution in [3.63, 3.8) is 0 Å². The van der Waals surface area contributed by atoms with Crippen molar-refractivity contribution in [3.05, 3.63) is 35.4 Å².